The molecule has 0 aromatic heterocycles. The lowest BCUT2D eigenvalue weighted by molar-refractivity contribution is 0.396. The van der Waals surface area contributed by atoms with Crippen LogP contribution in [0.1, 0.15) is 0 Å². The van der Waals surface area contributed by atoms with E-state index in [9.17, 15) is 0 Å². The van der Waals surface area contributed by atoms with Crippen molar-refractivity contribution >= 4 is 14.9 Å². The highest BCUT2D eigenvalue weighted by molar-refractivity contribution is 6.47. The molecule has 0 radical (unpaired) electrons. The van der Waals surface area contributed by atoms with E-state index in [0.29, 0.717) is 0 Å². The van der Waals surface area contributed by atoms with Crippen molar-refractivity contribution in [1.29, 1.82) is 0 Å². The summed E-state index contributed by atoms with van der Waals surface area (Å²) in [4.78, 5) is 0. The zero-order chi connectivity index (χ0) is 11.2. The Morgan fingerprint density at radius 2 is 1.44 bits per heavy atom. The normalized spacial score (nSPS) is 10.6. The van der Waals surface area contributed by atoms with Crippen LogP contribution < -0.4 is 14.3 Å². The van der Waals surface area contributed by atoms with Crippen LogP contribution >= 0.6 is 0 Å². The lowest BCUT2D eigenvalue weighted by Gasteiger charge is -2.10. The summed E-state index contributed by atoms with van der Waals surface area (Å²) in [5.41, 5.74) is 0. The molecule has 2 aromatic carbocycles. The van der Waals surface area contributed by atoms with Gasteiger partial charge in [0, 0.05) is 0 Å². The minimum atomic E-state index is -0.720. The van der Waals surface area contributed by atoms with E-state index in [1.54, 1.807) is 7.11 Å². The summed E-state index contributed by atoms with van der Waals surface area (Å²) in [6.07, 6.45) is 0. The lowest BCUT2D eigenvalue weighted by Crippen LogP contribution is -2.19. The standard InChI is InChI=1S/C13H14O2Si/c1-14-12-9-5-6-10-13(12)15-16-11-7-3-2-4-8-11/h2-10H,16H2,1H3. The van der Waals surface area contributed by atoms with E-state index in [2.05, 4.69) is 12.1 Å². The summed E-state index contributed by atoms with van der Waals surface area (Å²) in [6.45, 7) is 0. The van der Waals surface area contributed by atoms with Crippen LogP contribution in [0.2, 0.25) is 0 Å². The molecule has 16 heavy (non-hydrogen) atoms. The smallest absolute Gasteiger partial charge is 0.251 e. The van der Waals surface area contributed by atoms with Crippen LogP contribution in [0.5, 0.6) is 11.5 Å². The van der Waals surface area contributed by atoms with Gasteiger partial charge in [-0.1, -0.05) is 42.5 Å². The Morgan fingerprint density at radius 1 is 0.812 bits per heavy atom. The van der Waals surface area contributed by atoms with E-state index in [0.717, 1.165) is 11.5 Å². The third kappa shape index (κ3) is 2.64. The van der Waals surface area contributed by atoms with Gasteiger partial charge in [0.1, 0.15) is 5.75 Å². The molecule has 0 heterocycles. The van der Waals surface area contributed by atoms with Gasteiger partial charge in [-0.15, -0.1) is 0 Å². The van der Waals surface area contributed by atoms with Crippen molar-refractivity contribution in [3.05, 3.63) is 54.6 Å². The molecule has 2 rings (SSSR count). The van der Waals surface area contributed by atoms with Gasteiger partial charge in [-0.25, -0.2) is 0 Å². The van der Waals surface area contributed by atoms with Gasteiger partial charge in [-0.05, 0) is 17.3 Å². The average molecular weight is 230 g/mol. The van der Waals surface area contributed by atoms with Crippen molar-refractivity contribution in [2.24, 2.45) is 0 Å². The first-order valence-electron chi connectivity index (χ1n) is 5.20. The van der Waals surface area contributed by atoms with E-state index < -0.39 is 9.76 Å². The van der Waals surface area contributed by atoms with Gasteiger partial charge in [0.25, 0.3) is 9.76 Å². The molecule has 3 heteroatoms. The van der Waals surface area contributed by atoms with Crippen molar-refractivity contribution in [3.63, 3.8) is 0 Å². The van der Waals surface area contributed by atoms with Crippen molar-refractivity contribution in [3.8, 4) is 11.5 Å². The molecular weight excluding hydrogens is 216 g/mol. The molecule has 82 valence electrons. The van der Waals surface area contributed by atoms with E-state index in [1.807, 2.05) is 42.5 Å². The third-order valence-corrected chi connectivity index (χ3v) is 3.57. The number of ether oxygens (including phenoxy) is 1. The summed E-state index contributed by atoms with van der Waals surface area (Å²) < 4.78 is 11.1. The van der Waals surface area contributed by atoms with Crippen molar-refractivity contribution in [1.82, 2.24) is 0 Å². The topological polar surface area (TPSA) is 18.5 Å². The first-order chi connectivity index (χ1) is 7.90. The molecule has 0 atom stereocenters. The highest BCUT2D eigenvalue weighted by Crippen LogP contribution is 2.25. The molecule has 0 aliphatic heterocycles. The van der Waals surface area contributed by atoms with Gasteiger partial charge in [-0.3, -0.25) is 0 Å². The van der Waals surface area contributed by atoms with E-state index in [1.165, 1.54) is 5.19 Å². The highest BCUT2D eigenvalue weighted by atomic mass is 28.2. The average Bonchev–Trinajstić information content (AvgIpc) is 2.38. The monoisotopic (exact) mass is 230 g/mol. The van der Waals surface area contributed by atoms with Crippen LogP contribution in [0.25, 0.3) is 0 Å². The second kappa shape index (κ2) is 5.37. The van der Waals surface area contributed by atoms with E-state index in [4.69, 9.17) is 9.16 Å². The summed E-state index contributed by atoms with van der Waals surface area (Å²) in [7, 11) is 0.939. The number of hydrogen-bond acceptors (Lipinski definition) is 2. The van der Waals surface area contributed by atoms with Gasteiger partial charge < -0.3 is 9.16 Å². The van der Waals surface area contributed by atoms with Crippen LogP contribution in [0.15, 0.2) is 54.6 Å². The van der Waals surface area contributed by atoms with E-state index in [-0.39, 0.29) is 0 Å². The minimum Gasteiger partial charge on any atom is -0.542 e. The molecule has 0 aliphatic carbocycles. The number of para-hydroxylation sites is 2. The highest BCUT2D eigenvalue weighted by Gasteiger charge is 2.02. The third-order valence-electron chi connectivity index (χ3n) is 2.31. The van der Waals surface area contributed by atoms with Crippen LogP contribution in [-0.2, 0) is 0 Å². The largest absolute Gasteiger partial charge is 0.542 e. The molecule has 0 amide bonds. The predicted octanol–water partition coefficient (Wildman–Crippen LogP) is 1.48. The summed E-state index contributed by atoms with van der Waals surface area (Å²) >= 11 is 0. The maximum Gasteiger partial charge on any atom is 0.251 e. The molecule has 0 fully saturated rings. The van der Waals surface area contributed by atoms with Crippen molar-refractivity contribution in [2.75, 3.05) is 7.11 Å². The molecule has 0 saturated heterocycles. The van der Waals surface area contributed by atoms with Gasteiger partial charge in [0.05, 0.1) is 7.11 Å². The first kappa shape index (κ1) is 10.8. The van der Waals surface area contributed by atoms with Gasteiger partial charge >= 0.3 is 0 Å². The molecule has 2 aromatic rings. The number of hydrogen-bond donors (Lipinski definition) is 0. The fraction of sp³-hybridized carbons (Fsp3) is 0.0769. The summed E-state index contributed by atoms with van der Waals surface area (Å²) in [5, 5.41) is 1.29. The van der Waals surface area contributed by atoms with Crippen molar-refractivity contribution < 1.29 is 9.16 Å². The Hall–Kier alpha value is -1.74. The van der Waals surface area contributed by atoms with Crippen molar-refractivity contribution in [2.45, 2.75) is 0 Å². The maximum absolute atomic E-state index is 5.83. The molecule has 2 nitrogen and oxygen atoms in total. The predicted molar refractivity (Wildman–Crippen MR) is 68.2 cm³/mol. The maximum atomic E-state index is 5.83. The first-order valence-corrected chi connectivity index (χ1v) is 6.48. The molecule has 0 aliphatic rings. The van der Waals surface area contributed by atoms with Crippen LogP contribution in [0.3, 0.4) is 0 Å². The quantitative estimate of drug-likeness (QED) is 0.741. The lowest BCUT2D eigenvalue weighted by atomic mass is 10.3. The van der Waals surface area contributed by atoms with E-state index >= 15 is 0 Å². The Morgan fingerprint density at radius 3 is 2.12 bits per heavy atom. The SMILES string of the molecule is COc1ccccc1O[SiH2]c1ccccc1. The zero-order valence-electron chi connectivity index (χ0n) is 9.22. The Labute approximate surface area is 97.8 Å². The van der Waals surface area contributed by atoms with Gasteiger partial charge in [0.2, 0.25) is 0 Å². The molecular formula is C13H14O2Si. The molecule has 0 N–H and O–H groups in total. The number of rotatable bonds is 4. The Bertz CT molecular complexity index is 443. The fourth-order valence-electron chi connectivity index (χ4n) is 1.47. The van der Waals surface area contributed by atoms with Gasteiger partial charge in [0.15, 0.2) is 5.75 Å². The second-order valence-corrected chi connectivity index (χ2v) is 4.82. The van der Waals surface area contributed by atoms with Gasteiger partial charge in [-0.2, -0.15) is 0 Å². The molecule has 0 spiro atoms. The number of benzene rings is 2. The molecule has 0 unspecified atom stereocenters. The zero-order valence-corrected chi connectivity index (χ0v) is 10.6. The van der Waals surface area contributed by atoms with Crippen LogP contribution in [0.4, 0.5) is 0 Å². The summed E-state index contributed by atoms with van der Waals surface area (Å²) in [5.74, 6) is 1.63. The Balaban J connectivity index is 2.05. The minimum absolute atomic E-state index is 0.720. The summed E-state index contributed by atoms with van der Waals surface area (Å²) in [6, 6.07) is 18.0. The van der Waals surface area contributed by atoms with Crippen LogP contribution in [0, 0.1) is 0 Å². The molecule has 0 bridgehead atoms. The van der Waals surface area contributed by atoms with Crippen LogP contribution in [-0.4, -0.2) is 16.9 Å². The number of methoxy groups -OCH3 is 1. The fourth-order valence-corrected chi connectivity index (χ4v) is 2.50. The molecule has 0 saturated carbocycles. The Kier molecular flexibility index (Phi) is 3.61. The second-order valence-electron chi connectivity index (χ2n) is 3.43.